The van der Waals surface area contributed by atoms with Crippen LogP contribution in [-0.4, -0.2) is 43.7 Å². The molecule has 2 heterocycles. The van der Waals surface area contributed by atoms with Gasteiger partial charge in [0.05, 0.1) is 6.61 Å². The average molecular weight is 527 g/mol. The van der Waals surface area contributed by atoms with Gasteiger partial charge in [-0.2, -0.15) is 0 Å². The number of aromatic nitrogens is 1. The van der Waals surface area contributed by atoms with Crippen molar-refractivity contribution < 1.29 is 9.13 Å². The first-order chi connectivity index (χ1) is 14.2. The molecule has 0 aliphatic carbocycles. The average Bonchev–Trinajstić information content (AvgIpc) is 2.76. The summed E-state index contributed by atoms with van der Waals surface area (Å²) < 4.78 is 19.0. The highest BCUT2D eigenvalue weighted by Crippen LogP contribution is 2.20. The molecule has 0 saturated carbocycles. The topological polar surface area (TPSA) is 61.8 Å². The van der Waals surface area contributed by atoms with Crippen LogP contribution in [0.3, 0.4) is 0 Å². The number of hydrogen-bond donors (Lipinski definition) is 2. The molecule has 8 heteroatoms. The largest absolute Gasteiger partial charge is 0.478 e. The maximum atomic E-state index is 13.4. The molecule has 164 valence electrons. The highest BCUT2D eigenvalue weighted by atomic mass is 127. The minimum Gasteiger partial charge on any atom is -0.478 e. The van der Waals surface area contributed by atoms with Crippen LogP contribution in [0.4, 0.5) is 10.1 Å². The molecule has 2 N–H and O–H groups in total. The van der Waals surface area contributed by atoms with Gasteiger partial charge in [-0.05, 0) is 43.0 Å². The first-order valence-corrected chi connectivity index (χ1v) is 10.2. The van der Waals surface area contributed by atoms with Gasteiger partial charge in [0.15, 0.2) is 5.96 Å². The smallest absolute Gasteiger partial charge is 0.213 e. The maximum absolute atomic E-state index is 13.4. The summed E-state index contributed by atoms with van der Waals surface area (Å²) in [6, 6.07) is 11.0. The summed E-state index contributed by atoms with van der Waals surface area (Å²) in [6.45, 7) is 5.17. The standard InChI is InChI=1S/C22H30FN5O.HI/c1-3-13-29-21-8-7-17(15-25-21)16-26-22(24-2)27-19-9-11-28(12-10-19)20-6-4-5-18(23)14-20;/h4-8,14-15,19H,3,9-13,16H2,1-2H3,(H2,24,26,27);1H. The van der Waals surface area contributed by atoms with E-state index in [-0.39, 0.29) is 29.8 Å². The minimum absolute atomic E-state index is 0. The first kappa shape index (κ1) is 24.2. The highest BCUT2D eigenvalue weighted by Gasteiger charge is 2.20. The second-order valence-corrected chi connectivity index (χ2v) is 7.16. The van der Waals surface area contributed by atoms with Crippen molar-refractivity contribution in [2.45, 2.75) is 38.8 Å². The van der Waals surface area contributed by atoms with Crippen LogP contribution in [0, 0.1) is 5.82 Å². The number of halogens is 2. The summed E-state index contributed by atoms with van der Waals surface area (Å²) in [6.07, 6.45) is 4.74. The third kappa shape index (κ3) is 7.30. The Balaban J connectivity index is 0.00000320. The number of ether oxygens (including phenoxy) is 1. The molecular formula is C22H31FIN5O. The van der Waals surface area contributed by atoms with Gasteiger partial charge in [0, 0.05) is 50.7 Å². The van der Waals surface area contributed by atoms with Gasteiger partial charge in [-0.15, -0.1) is 24.0 Å². The third-order valence-corrected chi connectivity index (χ3v) is 4.94. The number of guanidine groups is 1. The zero-order valence-corrected chi connectivity index (χ0v) is 19.9. The quantitative estimate of drug-likeness (QED) is 0.325. The lowest BCUT2D eigenvalue weighted by atomic mass is 10.0. The Hall–Kier alpha value is -2.10. The molecule has 0 bridgehead atoms. The second kappa shape index (κ2) is 12.6. The molecule has 0 spiro atoms. The van der Waals surface area contributed by atoms with Crippen molar-refractivity contribution >= 4 is 35.6 Å². The van der Waals surface area contributed by atoms with E-state index in [4.69, 9.17) is 4.74 Å². The van der Waals surface area contributed by atoms with E-state index in [1.54, 1.807) is 19.2 Å². The predicted molar refractivity (Wildman–Crippen MR) is 130 cm³/mol. The molecule has 0 unspecified atom stereocenters. The van der Waals surface area contributed by atoms with Gasteiger partial charge in [0.25, 0.3) is 0 Å². The lowest BCUT2D eigenvalue weighted by Gasteiger charge is -2.34. The van der Waals surface area contributed by atoms with Crippen molar-refractivity contribution in [3.63, 3.8) is 0 Å². The Kier molecular flexibility index (Phi) is 10.1. The molecule has 30 heavy (non-hydrogen) atoms. The van der Waals surface area contributed by atoms with Crippen LogP contribution < -0.4 is 20.3 Å². The summed E-state index contributed by atoms with van der Waals surface area (Å²) >= 11 is 0. The lowest BCUT2D eigenvalue weighted by molar-refractivity contribution is 0.305. The number of piperidine rings is 1. The zero-order valence-electron chi connectivity index (χ0n) is 17.6. The molecule has 2 aromatic rings. The molecule has 1 fully saturated rings. The van der Waals surface area contributed by atoms with Gasteiger partial charge in [-0.25, -0.2) is 9.37 Å². The molecule has 1 aliphatic rings. The van der Waals surface area contributed by atoms with Crippen LogP contribution in [0.15, 0.2) is 47.6 Å². The van der Waals surface area contributed by atoms with Gasteiger partial charge in [0.2, 0.25) is 5.88 Å². The molecule has 3 rings (SSSR count). The summed E-state index contributed by atoms with van der Waals surface area (Å²) in [5.41, 5.74) is 2.02. The number of nitrogens with one attached hydrogen (secondary N) is 2. The summed E-state index contributed by atoms with van der Waals surface area (Å²) in [7, 11) is 1.77. The van der Waals surface area contributed by atoms with Crippen LogP contribution in [0.25, 0.3) is 0 Å². The van der Waals surface area contributed by atoms with E-state index in [0.29, 0.717) is 25.1 Å². The van der Waals surface area contributed by atoms with E-state index in [2.05, 4.69) is 32.4 Å². The Labute approximate surface area is 195 Å². The maximum Gasteiger partial charge on any atom is 0.213 e. The van der Waals surface area contributed by atoms with E-state index >= 15 is 0 Å². The van der Waals surface area contributed by atoms with Crippen LogP contribution >= 0.6 is 24.0 Å². The van der Waals surface area contributed by atoms with E-state index < -0.39 is 0 Å². The number of pyridine rings is 1. The van der Waals surface area contributed by atoms with Crippen LogP contribution in [0.1, 0.15) is 31.7 Å². The number of hydrogen-bond acceptors (Lipinski definition) is 4. The predicted octanol–water partition coefficient (Wildman–Crippen LogP) is 3.96. The SMILES string of the molecule is CCCOc1ccc(CNC(=NC)NC2CCN(c3cccc(F)c3)CC2)cn1.I. The normalized spacial score (nSPS) is 14.8. The fourth-order valence-corrected chi connectivity index (χ4v) is 3.34. The monoisotopic (exact) mass is 527 g/mol. The van der Waals surface area contributed by atoms with E-state index in [0.717, 1.165) is 49.6 Å². The second-order valence-electron chi connectivity index (χ2n) is 7.16. The zero-order chi connectivity index (χ0) is 20.5. The van der Waals surface area contributed by atoms with Crippen LogP contribution in [0.2, 0.25) is 0 Å². The van der Waals surface area contributed by atoms with Gasteiger partial charge in [-0.3, -0.25) is 4.99 Å². The fraction of sp³-hybridized carbons (Fsp3) is 0.455. The number of anilines is 1. The molecule has 1 saturated heterocycles. The van der Waals surface area contributed by atoms with Crippen LogP contribution in [0.5, 0.6) is 5.88 Å². The summed E-state index contributed by atoms with van der Waals surface area (Å²) in [5, 5.41) is 6.83. The number of aliphatic imine (C=N–C) groups is 1. The van der Waals surface area contributed by atoms with Crippen molar-refractivity contribution in [2.24, 2.45) is 4.99 Å². The third-order valence-electron chi connectivity index (χ3n) is 4.94. The molecular weight excluding hydrogens is 496 g/mol. The molecule has 1 aliphatic heterocycles. The van der Waals surface area contributed by atoms with Gasteiger partial charge >= 0.3 is 0 Å². The van der Waals surface area contributed by atoms with Crippen LogP contribution in [-0.2, 0) is 6.54 Å². The Bertz CT molecular complexity index is 794. The molecule has 0 amide bonds. The van der Waals surface area contributed by atoms with E-state index in [9.17, 15) is 4.39 Å². The first-order valence-electron chi connectivity index (χ1n) is 10.2. The molecule has 0 atom stereocenters. The summed E-state index contributed by atoms with van der Waals surface area (Å²) in [5.74, 6) is 1.25. The van der Waals surface area contributed by atoms with Crippen molar-refractivity contribution in [1.29, 1.82) is 0 Å². The Morgan fingerprint density at radius 3 is 2.70 bits per heavy atom. The number of rotatable bonds is 7. The van der Waals surface area contributed by atoms with E-state index in [1.165, 1.54) is 6.07 Å². The summed E-state index contributed by atoms with van der Waals surface area (Å²) in [4.78, 5) is 10.9. The Morgan fingerprint density at radius 2 is 2.07 bits per heavy atom. The van der Waals surface area contributed by atoms with Gasteiger partial charge < -0.3 is 20.3 Å². The molecule has 1 aromatic carbocycles. The lowest BCUT2D eigenvalue weighted by Crippen LogP contribution is -2.48. The number of nitrogens with zero attached hydrogens (tertiary/aromatic N) is 3. The van der Waals surface area contributed by atoms with Gasteiger partial charge in [-0.1, -0.05) is 19.1 Å². The van der Waals surface area contributed by atoms with Gasteiger partial charge in [0.1, 0.15) is 5.82 Å². The molecule has 0 radical (unpaired) electrons. The minimum atomic E-state index is -0.188. The molecule has 6 nitrogen and oxygen atoms in total. The van der Waals surface area contributed by atoms with E-state index in [1.807, 2.05) is 24.4 Å². The van der Waals surface area contributed by atoms with Crippen molar-refractivity contribution in [3.8, 4) is 5.88 Å². The molecule has 1 aromatic heterocycles. The van der Waals surface area contributed by atoms with Crippen molar-refractivity contribution in [1.82, 2.24) is 15.6 Å². The van der Waals surface area contributed by atoms with Crippen molar-refractivity contribution in [3.05, 3.63) is 54.0 Å². The Morgan fingerprint density at radius 1 is 1.27 bits per heavy atom. The fourth-order valence-electron chi connectivity index (χ4n) is 3.34. The highest BCUT2D eigenvalue weighted by molar-refractivity contribution is 14.0. The number of benzene rings is 1. The van der Waals surface area contributed by atoms with Crippen molar-refractivity contribution in [2.75, 3.05) is 31.6 Å².